The zero-order valence-electron chi connectivity index (χ0n) is 11.7. The van der Waals surface area contributed by atoms with Gasteiger partial charge in [0.05, 0.1) is 4.47 Å². The van der Waals surface area contributed by atoms with E-state index in [4.69, 9.17) is 16.3 Å². The van der Waals surface area contributed by atoms with Crippen molar-refractivity contribution in [2.24, 2.45) is 0 Å². The Morgan fingerprint density at radius 1 is 1.40 bits per heavy atom. The van der Waals surface area contributed by atoms with Gasteiger partial charge in [-0.2, -0.15) is 0 Å². The molecular formula is C14H20BrClN2O2. The molecule has 0 radical (unpaired) electrons. The predicted molar refractivity (Wildman–Crippen MR) is 85.4 cm³/mol. The van der Waals surface area contributed by atoms with E-state index in [9.17, 15) is 4.79 Å². The lowest BCUT2D eigenvalue weighted by atomic mass is 10.3. The number of amides is 1. The lowest BCUT2D eigenvalue weighted by Crippen LogP contribution is -2.39. The first-order valence-electron chi connectivity index (χ1n) is 6.64. The second kappa shape index (κ2) is 9.21. The summed E-state index contributed by atoms with van der Waals surface area (Å²) in [7, 11) is 0. The normalized spacial score (nSPS) is 12.0. The second-order valence-corrected chi connectivity index (χ2v) is 5.67. The van der Waals surface area contributed by atoms with Crippen molar-refractivity contribution in [3.63, 3.8) is 0 Å². The molecule has 2 N–H and O–H groups in total. The van der Waals surface area contributed by atoms with Gasteiger partial charge in [-0.15, -0.1) is 0 Å². The smallest absolute Gasteiger partial charge is 0.260 e. The van der Waals surface area contributed by atoms with Gasteiger partial charge in [0, 0.05) is 18.1 Å². The fourth-order valence-corrected chi connectivity index (χ4v) is 2.31. The van der Waals surface area contributed by atoms with E-state index in [0.29, 0.717) is 17.3 Å². The Balaban J connectivity index is 2.37. The van der Waals surface area contributed by atoms with Crippen LogP contribution in [0.4, 0.5) is 0 Å². The van der Waals surface area contributed by atoms with Gasteiger partial charge in [-0.25, -0.2) is 0 Å². The van der Waals surface area contributed by atoms with Gasteiger partial charge < -0.3 is 15.4 Å². The van der Waals surface area contributed by atoms with Crippen LogP contribution in [-0.4, -0.2) is 31.6 Å². The standard InChI is InChI=1S/C14H20BrClN2O2/c1-3-6-17-7-8-18-14(19)10(2)20-13-5-4-11(16)9-12(13)15/h4-5,9-10,17H,3,6-8H2,1-2H3,(H,18,19). The molecule has 6 heteroatoms. The third-order valence-corrected chi connectivity index (χ3v) is 3.45. The maximum Gasteiger partial charge on any atom is 0.260 e. The average Bonchev–Trinajstić information content (AvgIpc) is 2.41. The van der Waals surface area contributed by atoms with Crippen molar-refractivity contribution in [2.75, 3.05) is 19.6 Å². The molecule has 0 saturated heterocycles. The monoisotopic (exact) mass is 362 g/mol. The molecule has 1 aromatic carbocycles. The number of rotatable bonds is 8. The summed E-state index contributed by atoms with van der Waals surface area (Å²) >= 11 is 9.21. The van der Waals surface area contributed by atoms with E-state index >= 15 is 0 Å². The van der Waals surface area contributed by atoms with Crippen molar-refractivity contribution >= 4 is 33.4 Å². The Kier molecular flexibility index (Phi) is 7.95. The first kappa shape index (κ1) is 17.3. The van der Waals surface area contributed by atoms with Gasteiger partial charge in [-0.05, 0) is 54.0 Å². The molecule has 0 spiro atoms. The second-order valence-electron chi connectivity index (χ2n) is 4.38. The minimum absolute atomic E-state index is 0.134. The summed E-state index contributed by atoms with van der Waals surface area (Å²) < 4.78 is 6.33. The van der Waals surface area contributed by atoms with Crippen molar-refractivity contribution < 1.29 is 9.53 Å². The van der Waals surface area contributed by atoms with Crippen LogP contribution in [-0.2, 0) is 4.79 Å². The summed E-state index contributed by atoms with van der Waals surface area (Å²) in [6.07, 6.45) is 0.525. The van der Waals surface area contributed by atoms with Crippen LogP contribution in [0.25, 0.3) is 0 Å². The van der Waals surface area contributed by atoms with Crippen molar-refractivity contribution in [3.8, 4) is 5.75 Å². The van der Waals surface area contributed by atoms with Crippen LogP contribution in [0.2, 0.25) is 5.02 Å². The van der Waals surface area contributed by atoms with E-state index in [0.717, 1.165) is 24.0 Å². The molecule has 20 heavy (non-hydrogen) atoms. The Hall–Kier alpha value is -0.780. The molecule has 0 heterocycles. The van der Waals surface area contributed by atoms with Gasteiger partial charge >= 0.3 is 0 Å². The van der Waals surface area contributed by atoms with E-state index in [-0.39, 0.29) is 5.91 Å². The molecule has 1 amide bonds. The van der Waals surface area contributed by atoms with Crippen molar-refractivity contribution in [3.05, 3.63) is 27.7 Å². The number of hydrogen-bond acceptors (Lipinski definition) is 3. The van der Waals surface area contributed by atoms with Crippen LogP contribution in [0.3, 0.4) is 0 Å². The average molecular weight is 364 g/mol. The van der Waals surface area contributed by atoms with E-state index in [1.807, 2.05) is 0 Å². The van der Waals surface area contributed by atoms with Gasteiger partial charge in [-0.3, -0.25) is 4.79 Å². The summed E-state index contributed by atoms with van der Waals surface area (Å²) in [4.78, 5) is 11.9. The highest BCUT2D eigenvalue weighted by molar-refractivity contribution is 9.10. The Bertz CT molecular complexity index is 443. The molecule has 112 valence electrons. The zero-order chi connectivity index (χ0) is 15.0. The molecule has 1 rings (SSSR count). The molecule has 0 aliphatic heterocycles. The molecule has 0 aliphatic carbocycles. The zero-order valence-corrected chi connectivity index (χ0v) is 14.1. The lowest BCUT2D eigenvalue weighted by Gasteiger charge is -2.16. The fourth-order valence-electron chi connectivity index (χ4n) is 1.53. The van der Waals surface area contributed by atoms with E-state index in [1.54, 1.807) is 25.1 Å². The third-order valence-electron chi connectivity index (χ3n) is 2.59. The molecule has 1 atom stereocenters. The number of hydrogen-bond donors (Lipinski definition) is 2. The number of carbonyl (C=O) groups is 1. The van der Waals surface area contributed by atoms with Crippen molar-refractivity contribution in [1.29, 1.82) is 0 Å². The molecule has 0 bridgehead atoms. The number of ether oxygens (including phenoxy) is 1. The van der Waals surface area contributed by atoms with Crippen molar-refractivity contribution in [1.82, 2.24) is 10.6 Å². The summed E-state index contributed by atoms with van der Waals surface area (Å²) in [5.74, 6) is 0.464. The van der Waals surface area contributed by atoms with Gasteiger partial charge in [0.25, 0.3) is 5.91 Å². The highest BCUT2D eigenvalue weighted by Crippen LogP contribution is 2.28. The van der Waals surface area contributed by atoms with Gasteiger partial charge in [0.15, 0.2) is 6.10 Å². The molecule has 1 unspecified atom stereocenters. The third kappa shape index (κ3) is 6.11. The number of benzene rings is 1. The summed E-state index contributed by atoms with van der Waals surface area (Å²) in [5, 5.41) is 6.66. The lowest BCUT2D eigenvalue weighted by molar-refractivity contribution is -0.127. The van der Waals surface area contributed by atoms with Gasteiger partial charge in [0.2, 0.25) is 0 Å². The molecule has 0 saturated carbocycles. The minimum atomic E-state index is -0.557. The first-order chi connectivity index (χ1) is 9.54. The quantitative estimate of drug-likeness (QED) is 0.698. The predicted octanol–water partition coefficient (Wildman–Crippen LogP) is 2.99. The number of halogens is 2. The van der Waals surface area contributed by atoms with Gasteiger partial charge in [0.1, 0.15) is 5.75 Å². The van der Waals surface area contributed by atoms with E-state index in [1.165, 1.54) is 0 Å². The van der Waals surface area contributed by atoms with Crippen molar-refractivity contribution in [2.45, 2.75) is 26.4 Å². The SMILES string of the molecule is CCCNCCNC(=O)C(C)Oc1ccc(Cl)cc1Br. The first-order valence-corrected chi connectivity index (χ1v) is 7.81. The maximum absolute atomic E-state index is 11.9. The summed E-state index contributed by atoms with van der Waals surface area (Å²) in [6, 6.07) is 5.19. The molecule has 0 fully saturated rings. The van der Waals surface area contributed by atoms with Gasteiger partial charge in [-0.1, -0.05) is 18.5 Å². The number of carbonyl (C=O) groups excluding carboxylic acids is 1. The number of nitrogens with one attached hydrogen (secondary N) is 2. The molecule has 4 nitrogen and oxygen atoms in total. The molecule has 0 aliphatic rings. The Morgan fingerprint density at radius 2 is 2.15 bits per heavy atom. The van der Waals surface area contributed by atoms with Crippen LogP contribution in [0.15, 0.2) is 22.7 Å². The summed E-state index contributed by atoms with van der Waals surface area (Å²) in [5.41, 5.74) is 0. The largest absolute Gasteiger partial charge is 0.480 e. The molecule has 0 aromatic heterocycles. The van der Waals surface area contributed by atoms with E-state index < -0.39 is 6.10 Å². The molecule has 1 aromatic rings. The van der Waals surface area contributed by atoms with Crippen LogP contribution in [0, 0.1) is 0 Å². The summed E-state index contributed by atoms with van der Waals surface area (Å²) in [6.45, 7) is 6.13. The highest BCUT2D eigenvalue weighted by Gasteiger charge is 2.15. The van der Waals surface area contributed by atoms with Crippen LogP contribution in [0.1, 0.15) is 20.3 Å². The van der Waals surface area contributed by atoms with Crippen LogP contribution >= 0.6 is 27.5 Å². The van der Waals surface area contributed by atoms with E-state index in [2.05, 4.69) is 33.5 Å². The topological polar surface area (TPSA) is 50.4 Å². The van der Waals surface area contributed by atoms with Crippen LogP contribution < -0.4 is 15.4 Å². The van der Waals surface area contributed by atoms with Crippen LogP contribution in [0.5, 0.6) is 5.75 Å². The maximum atomic E-state index is 11.9. The molecular weight excluding hydrogens is 344 g/mol. The Labute approximate surface area is 133 Å². The highest BCUT2D eigenvalue weighted by atomic mass is 79.9. The Morgan fingerprint density at radius 3 is 2.80 bits per heavy atom. The fraction of sp³-hybridized carbons (Fsp3) is 0.500. The minimum Gasteiger partial charge on any atom is -0.480 e.